The minimum atomic E-state index is 0.123. The number of ether oxygens (including phenoxy) is 1. The number of aliphatic hydroxyl groups excluding tert-OH is 1. The molecule has 0 saturated heterocycles. The molecule has 120 valence electrons. The lowest BCUT2D eigenvalue weighted by Crippen LogP contribution is -2.42. The van der Waals surface area contributed by atoms with E-state index in [0.29, 0.717) is 0 Å². The smallest absolute Gasteiger partial charge is 0.119 e. The van der Waals surface area contributed by atoms with Gasteiger partial charge in [-0.1, -0.05) is 32.9 Å². The van der Waals surface area contributed by atoms with Gasteiger partial charge in [-0.3, -0.25) is 0 Å². The molecule has 3 heteroatoms. The molecule has 0 saturated carbocycles. The summed E-state index contributed by atoms with van der Waals surface area (Å²) in [6.07, 6.45) is 0.962. The van der Waals surface area contributed by atoms with E-state index in [1.165, 1.54) is 5.56 Å². The SMILES string of the molecule is CC(C)Oc1ccc(C(C)NC(CCO)C(C)(C)C)cc1. The van der Waals surface area contributed by atoms with Gasteiger partial charge < -0.3 is 15.2 Å². The quantitative estimate of drug-likeness (QED) is 0.800. The molecule has 0 heterocycles. The minimum absolute atomic E-state index is 0.123. The fraction of sp³-hybridized carbons (Fsp3) is 0.667. The van der Waals surface area contributed by atoms with Gasteiger partial charge in [0.1, 0.15) is 5.75 Å². The lowest BCUT2D eigenvalue weighted by molar-refractivity contribution is 0.188. The fourth-order valence-electron chi connectivity index (χ4n) is 2.40. The van der Waals surface area contributed by atoms with Gasteiger partial charge >= 0.3 is 0 Å². The minimum Gasteiger partial charge on any atom is -0.491 e. The van der Waals surface area contributed by atoms with Crippen molar-refractivity contribution in [1.29, 1.82) is 0 Å². The van der Waals surface area contributed by atoms with Gasteiger partial charge in [-0.2, -0.15) is 0 Å². The summed E-state index contributed by atoms with van der Waals surface area (Å²) in [5.74, 6) is 0.906. The van der Waals surface area contributed by atoms with Gasteiger partial charge in [-0.15, -0.1) is 0 Å². The third kappa shape index (κ3) is 6.06. The van der Waals surface area contributed by atoms with E-state index in [2.05, 4.69) is 45.1 Å². The molecule has 0 radical (unpaired) electrons. The van der Waals surface area contributed by atoms with Crippen LogP contribution in [0, 0.1) is 5.41 Å². The molecule has 0 bridgehead atoms. The molecule has 3 nitrogen and oxygen atoms in total. The van der Waals surface area contributed by atoms with Gasteiger partial charge in [0.05, 0.1) is 6.10 Å². The Morgan fingerprint density at radius 2 is 1.67 bits per heavy atom. The Balaban J connectivity index is 2.71. The molecule has 2 atom stereocenters. The van der Waals surface area contributed by atoms with Crippen molar-refractivity contribution in [2.45, 2.75) is 66.2 Å². The Morgan fingerprint density at radius 1 is 1.10 bits per heavy atom. The maximum atomic E-state index is 9.25. The van der Waals surface area contributed by atoms with Crippen LogP contribution in [0.2, 0.25) is 0 Å². The molecule has 0 fully saturated rings. The molecule has 0 amide bonds. The molecule has 1 aromatic rings. The van der Waals surface area contributed by atoms with Gasteiger partial charge in [-0.05, 0) is 50.3 Å². The molecule has 0 aliphatic carbocycles. The molecule has 0 aliphatic heterocycles. The number of benzene rings is 1. The summed E-state index contributed by atoms with van der Waals surface area (Å²) >= 11 is 0. The second-order valence-corrected chi connectivity index (χ2v) is 7.05. The summed E-state index contributed by atoms with van der Waals surface area (Å²) in [6.45, 7) is 13.0. The zero-order valence-electron chi connectivity index (χ0n) is 14.3. The normalized spacial score (nSPS) is 15.0. The van der Waals surface area contributed by atoms with Gasteiger partial charge in [0.15, 0.2) is 0 Å². The highest BCUT2D eigenvalue weighted by atomic mass is 16.5. The summed E-state index contributed by atoms with van der Waals surface area (Å²) < 4.78 is 5.67. The first-order valence-corrected chi connectivity index (χ1v) is 7.87. The molecule has 1 aromatic carbocycles. The van der Waals surface area contributed by atoms with Crippen molar-refractivity contribution in [3.63, 3.8) is 0 Å². The Morgan fingerprint density at radius 3 is 2.10 bits per heavy atom. The summed E-state index contributed by atoms with van der Waals surface area (Å²) in [4.78, 5) is 0. The zero-order chi connectivity index (χ0) is 16.0. The van der Waals surface area contributed by atoms with Crippen LogP contribution in [0.3, 0.4) is 0 Å². The molecule has 1 rings (SSSR count). The lowest BCUT2D eigenvalue weighted by Gasteiger charge is -2.34. The van der Waals surface area contributed by atoms with E-state index >= 15 is 0 Å². The molecule has 2 N–H and O–H groups in total. The van der Waals surface area contributed by atoms with Crippen LogP contribution < -0.4 is 10.1 Å². The first kappa shape index (κ1) is 18.0. The molecule has 0 aliphatic rings. The second kappa shape index (κ2) is 7.81. The van der Waals surface area contributed by atoms with Crippen LogP contribution >= 0.6 is 0 Å². The second-order valence-electron chi connectivity index (χ2n) is 7.05. The Bertz CT molecular complexity index is 406. The topological polar surface area (TPSA) is 41.5 Å². The van der Waals surface area contributed by atoms with Crippen LogP contribution in [0.25, 0.3) is 0 Å². The van der Waals surface area contributed by atoms with E-state index in [0.717, 1.165) is 12.2 Å². The van der Waals surface area contributed by atoms with Crippen LogP contribution in [-0.4, -0.2) is 23.9 Å². The van der Waals surface area contributed by atoms with Crippen LogP contribution in [0.4, 0.5) is 0 Å². The highest BCUT2D eigenvalue weighted by Gasteiger charge is 2.25. The third-order valence-electron chi connectivity index (χ3n) is 3.67. The average molecular weight is 293 g/mol. The Hall–Kier alpha value is -1.06. The van der Waals surface area contributed by atoms with E-state index in [4.69, 9.17) is 4.74 Å². The van der Waals surface area contributed by atoms with Crippen LogP contribution in [0.5, 0.6) is 5.75 Å². The van der Waals surface area contributed by atoms with E-state index in [1.54, 1.807) is 0 Å². The summed E-state index contributed by atoms with van der Waals surface area (Å²) in [5.41, 5.74) is 1.36. The Labute approximate surface area is 129 Å². The van der Waals surface area contributed by atoms with Crippen molar-refractivity contribution >= 4 is 0 Å². The molecule has 0 spiro atoms. The van der Waals surface area contributed by atoms with E-state index in [-0.39, 0.29) is 30.2 Å². The molecule has 2 unspecified atom stereocenters. The van der Waals surface area contributed by atoms with E-state index in [9.17, 15) is 5.11 Å². The lowest BCUT2D eigenvalue weighted by atomic mass is 9.84. The van der Waals surface area contributed by atoms with Gasteiger partial charge in [-0.25, -0.2) is 0 Å². The molecule has 21 heavy (non-hydrogen) atoms. The van der Waals surface area contributed by atoms with Crippen LogP contribution in [0.15, 0.2) is 24.3 Å². The summed E-state index contributed by atoms with van der Waals surface area (Å²) in [5, 5.41) is 12.9. The van der Waals surface area contributed by atoms with Crippen molar-refractivity contribution in [3.8, 4) is 5.75 Å². The molecule has 0 aromatic heterocycles. The third-order valence-corrected chi connectivity index (χ3v) is 3.67. The van der Waals surface area contributed by atoms with Gasteiger partial charge in [0, 0.05) is 18.7 Å². The van der Waals surface area contributed by atoms with Crippen molar-refractivity contribution < 1.29 is 9.84 Å². The molecular weight excluding hydrogens is 262 g/mol. The number of nitrogens with one attached hydrogen (secondary N) is 1. The summed E-state index contributed by atoms with van der Waals surface area (Å²) in [6, 6.07) is 8.78. The zero-order valence-corrected chi connectivity index (χ0v) is 14.3. The predicted molar refractivity (Wildman–Crippen MR) is 88.7 cm³/mol. The number of hydrogen-bond donors (Lipinski definition) is 2. The maximum absolute atomic E-state index is 9.25. The number of aliphatic hydroxyl groups is 1. The molecular formula is C18H31NO2. The van der Waals surface area contributed by atoms with Gasteiger partial charge in [0.2, 0.25) is 0 Å². The highest BCUT2D eigenvalue weighted by molar-refractivity contribution is 5.29. The van der Waals surface area contributed by atoms with Crippen molar-refractivity contribution in [2.75, 3.05) is 6.61 Å². The highest BCUT2D eigenvalue weighted by Crippen LogP contribution is 2.26. The van der Waals surface area contributed by atoms with Crippen molar-refractivity contribution in [1.82, 2.24) is 5.32 Å². The standard InChI is InChI=1S/C18H31NO2/c1-13(2)21-16-9-7-15(8-10-16)14(3)19-17(11-12-20)18(4,5)6/h7-10,13-14,17,19-20H,11-12H2,1-6H3. The predicted octanol–water partition coefficient (Wildman–Crippen LogP) is 3.92. The van der Waals surface area contributed by atoms with Crippen LogP contribution in [0.1, 0.15) is 59.6 Å². The average Bonchev–Trinajstić information content (AvgIpc) is 2.37. The van der Waals surface area contributed by atoms with Gasteiger partial charge in [0.25, 0.3) is 0 Å². The van der Waals surface area contributed by atoms with Crippen molar-refractivity contribution in [2.24, 2.45) is 5.41 Å². The first-order valence-electron chi connectivity index (χ1n) is 7.87. The number of rotatable bonds is 7. The summed E-state index contributed by atoms with van der Waals surface area (Å²) in [7, 11) is 0. The first-order chi connectivity index (χ1) is 9.74. The largest absolute Gasteiger partial charge is 0.491 e. The monoisotopic (exact) mass is 293 g/mol. The number of hydrogen-bond acceptors (Lipinski definition) is 3. The Kier molecular flexibility index (Phi) is 6.69. The van der Waals surface area contributed by atoms with Crippen LogP contribution in [-0.2, 0) is 0 Å². The van der Waals surface area contributed by atoms with E-state index < -0.39 is 0 Å². The van der Waals surface area contributed by atoms with Crippen molar-refractivity contribution in [3.05, 3.63) is 29.8 Å². The van der Waals surface area contributed by atoms with E-state index in [1.807, 2.05) is 26.0 Å². The maximum Gasteiger partial charge on any atom is 0.119 e. The fourth-order valence-corrected chi connectivity index (χ4v) is 2.40.